The van der Waals surface area contributed by atoms with Gasteiger partial charge in [0.05, 0.1) is 6.61 Å². The largest absolute Gasteiger partial charge is 0.449 e. The Bertz CT molecular complexity index is 654. The van der Waals surface area contributed by atoms with E-state index < -0.39 is 0 Å². The van der Waals surface area contributed by atoms with Crippen LogP contribution in [0.3, 0.4) is 0 Å². The highest BCUT2D eigenvalue weighted by molar-refractivity contribution is 5.78. The van der Waals surface area contributed by atoms with Crippen molar-refractivity contribution in [3.8, 4) is 0 Å². The molecule has 2 heterocycles. The van der Waals surface area contributed by atoms with Gasteiger partial charge in [0, 0.05) is 43.6 Å². The van der Waals surface area contributed by atoms with Gasteiger partial charge >= 0.3 is 6.09 Å². The van der Waals surface area contributed by atoms with E-state index in [2.05, 4.69) is 17.1 Å². The van der Waals surface area contributed by atoms with Gasteiger partial charge in [-0.05, 0) is 56.3 Å². The Morgan fingerprint density at radius 1 is 1.21 bits per heavy atom. The Kier molecular flexibility index (Phi) is 6.81. The Morgan fingerprint density at radius 2 is 1.93 bits per heavy atom. The Hall–Kier alpha value is -2.24. The number of ether oxygens (including phenoxy) is 1. The highest BCUT2D eigenvalue weighted by Crippen LogP contribution is 2.36. The summed E-state index contributed by atoms with van der Waals surface area (Å²) in [6.45, 7) is 6.94. The maximum Gasteiger partial charge on any atom is 0.417 e. The van der Waals surface area contributed by atoms with E-state index in [0.29, 0.717) is 12.0 Å². The van der Waals surface area contributed by atoms with Crippen LogP contribution in [0.1, 0.15) is 52.4 Å². The lowest BCUT2D eigenvalue weighted by Gasteiger charge is -2.34. The molecule has 6 nitrogen and oxygen atoms in total. The number of nitrogens with one attached hydrogen (secondary N) is 1. The summed E-state index contributed by atoms with van der Waals surface area (Å²) in [6, 6.07) is 0. The van der Waals surface area contributed by atoms with Gasteiger partial charge in [0.1, 0.15) is 0 Å². The second-order valence-electron chi connectivity index (χ2n) is 8.35. The molecule has 1 N–H and O–H groups in total. The lowest BCUT2D eigenvalue weighted by molar-refractivity contribution is -0.126. The topological polar surface area (TPSA) is 61.9 Å². The average Bonchev–Trinajstić information content (AvgIpc) is 2.99. The van der Waals surface area contributed by atoms with E-state index in [1.807, 2.05) is 18.2 Å². The Morgan fingerprint density at radius 3 is 2.61 bits per heavy atom. The molecule has 2 amide bonds. The first kappa shape index (κ1) is 20.5. The molecule has 2 fully saturated rings. The number of rotatable bonds is 5. The molecule has 0 atom stereocenters. The third kappa shape index (κ3) is 5.18. The minimum absolute atomic E-state index is 0.100. The van der Waals surface area contributed by atoms with Crippen molar-refractivity contribution in [2.24, 2.45) is 11.3 Å². The van der Waals surface area contributed by atoms with E-state index in [-0.39, 0.29) is 17.9 Å². The summed E-state index contributed by atoms with van der Waals surface area (Å²) in [5.41, 5.74) is 1.35. The summed E-state index contributed by atoms with van der Waals surface area (Å²) in [6.07, 6.45) is 15.6. The first-order valence-electron chi connectivity index (χ1n) is 10.6. The zero-order valence-electron chi connectivity index (χ0n) is 17.2. The minimum Gasteiger partial charge on any atom is -0.449 e. The zero-order chi connectivity index (χ0) is 20.0. The number of hydrogen-bond donors (Lipinski definition) is 1. The van der Waals surface area contributed by atoms with Crippen molar-refractivity contribution in [1.82, 2.24) is 15.1 Å². The maximum atomic E-state index is 12.6. The molecule has 3 aliphatic rings. The van der Waals surface area contributed by atoms with Crippen molar-refractivity contribution in [1.29, 1.82) is 0 Å². The van der Waals surface area contributed by atoms with Crippen LogP contribution in [0, 0.1) is 11.3 Å². The first-order valence-corrected chi connectivity index (χ1v) is 10.6. The van der Waals surface area contributed by atoms with E-state index in [1.54, 1.807) is 19.3 Å². The van der Waals surface area contributed by atoms with Gasteiger partial charge in [0.15, 0.2) is 0 Å². The number of piperidine rings is 1. The predicted molar refractivity (Wildman–Crippen MR) is 109 cm³/mol. The highest BCUT2D eigenvalue weighted by atomic mass is 16.5. The van der Waals surface area contributed by atoms with Gasteiger partial charge in [0.25, 0.3) is 0 Å². The molecule has 1 saturated heterocycles. The van der Waals surface area contributed by atoms with Crippen molar-refractivity contribution < 1.29 is 14.3 Å². The second-order valence-corrected chi connectivity index (χ2v) is 8.35. The third-order valence-electron chi connectivity index (χ3n) is 6.13. The monoisotopic (exact) mass is 387 g/mol. The summed E-state index contributed by atoms with van der Waals surface area (Å²) >= 11 is 0. The molecule has 1 aliphatic carbocycles. The number of likely N-dealkylation sites (tertiary alicyclic amines) is 1. The number of amides is 2. The summed E-state index contributed by atoms with van der Waals surface area (Å²) in [5, 5.41) is 3.21. The van der Waals surface area contributed by atoms with Gasteiger partial charge in [-0.1, -0.05) is 19.8 Å². The molecule has 2 aliphatic heterocycles. The van der Waals surface area contributed by atoms with Crippen LogP contribution in [0.25, 0.3) is 0 Å². The maximum absolute atomic E-state index is 12.6. The average molecular weight is 388 g/mol. The van der Waals surface area contributed by atoms with Gasteiger partial charge in [-0.25, -0.2) is 4.79 Å². The fourth-order valence-corrected chi connectivity index (χ4v) is 4.28. The number of hydrogen-bond acceptors (Lipinski definition) is 4. The van der Waals surface area contributed by atoms with E-state index in [1.165, 1.54) is 30.6 Å². The molecule has 0 aromatic rings. The van der Waals surface area contributed by atoms with Gasteiger partial charge in [-0.15, -0.1) is 0 Å². The first-order chi connectivity index (χ1) is 13.5. The van der Waals surface area contributed by atoms with Crippen LogP contribution in [-0.4, -0.2) is 48.0 Å². The quantitative estimate of drug-likeness (QED) is 0.780. The standard InChI is InChI=1S/C22H33N3O3/c1-3-28-21(27)25-13-6-7-19(10-16-25)24-14-8-18(9-15-24)20(26)23-17-22(2)11-4-5-12-22/h6-7,10,13,16,18H,3-5,8-9,11-12,14-15,17H2,1-2H3,(H,23,26). The molecular weight excluding hydrogens is 354 g/mol. The molecule has 6 heteroatoms. The molecular formula is C22H33N3O3. The summed E-state index contributed by atoms with van der Waals surface area (Å²) < 4.78 is 5.03. The molecule has 0 aromatic heterocycles. The Balaban J connectivity index is 1.46. The van der Waals surface area contributed by atoms with Crippen molar-refractivity contribution >= 4 is 12.0 Å². The lowest BCUT2D eigenvalue weighted by atomic mass is 9.88. The van der Waals surface area contributed by atoms with E-state index in [9.17, 15) is 9.59 Å². The van der Waals surface area contributed by atoms with Crippen molar-refractivity contribution in [2.45, 2.75) is 52.4 Å². The van der Waals surface area contributed by atoms with Crippen molar-refractivity contribution in [3.05, 3.63) is 36.3 Å². The van der Waals surface area contributed by atoms with Gasteiger partial charge in [-0.2, -0.15) is 0 Å². The van der Waals surface area contributed by atoms with E-state index in [0.717, 1.165) is 38.2 Å². The number of allylic oxidation sites excluding steroid dienone is 3. The van der Waals surface area contributed by atoms with Gasteiger partial charge < -0.3 is 15.0 Å². The van der Waals surface area contributed by atoms with E-state index in [4.69, 9.17) is 4.74 Å². The van der Waals surface area contributed by atoms with Crippen LogP contribution in [0.5, 0.6) is 0 Å². The molecule has 28 heavy (non-hydrogen) atoms. The van der Waals surface area contributed by atoms with Crippen LogP contribution in [0.4, 0.5) is 4.79 Å². The fraction of sp³-hybridized carbons (Fsp3) is 0.636. The molecule has 1 saturated carbocycles. The lowest BCUT2D eigenvalue weighted by Crippen LogP contribution is -2.42. The van der Waals surface area contributed by atoms with Crippen molar-refractivity contribution in [2.75, 3.05) is 26.2 Å². The summed E-state index contributed by atoms with van der Waals surface area (Å²) in [7, 11) is 0. The van der Waals surface area contributed by atoms with Crippen LogP contribution in [0.15, 0.2) is 36.3 Å². The minimum atomic E-state index is -0.379. The summed E-state index contributed by atoms with van der Waals surface area (Å²) in [4.78, 5) is 28.2. The summed E-state index contributed by atoms with van der Waals surface area (Å²) in [5.74, 6) is 0.315. The number of carbonyl (C=O) groups excluding carboxylic acids is 2. The second kappa shape index (κ2) is 9.30. The molecule has 0 unspecified atom stereocenters. The third-order valence-corrected chi connectivity index (χ3v) is 6.13. The molecule has 0 radical (unpaired) electrons. The smallest absolute Gasteiger partial charge is 0.417 e. The van der Waals surface area contributed by atoms with Crippen LogP contribution in [0.2, 0.25) is 0 Å². The van der Waals surface area contributed by atoms with Gasteiger partial charge in [-0.3, -0.25) is 9.69 Å². The van der Waals surface area contributed by atoms with E-state index >= 15 is 0 Å². The highest BCUT2D eigenvalue weighted by Gasteiger charge is 2.31. The van der Waals surface area contributed by atoms with Crippen molar-refractivity contribution in [3.63, 3.8) is 0 Å². The molecule has 3 rings (SSSR count). The van der Waals surface area contributed by atoms with Crippen LogP contribution < -0.4 is 5.32 Å². The molecule has 0 bridgehead atoms. The SMILES string of the molecule is CCOC(=O)N1C=CC=C(N2CCC(C(=O)NCC3(C)CCCC3)CC2)C=C1. The van der Waals surface area contributed by atoms with Crippen LogP contribution >= 0.6 is 0 Å². The fourth-order valence-electron chi connectivity index (χ4n) is 4.28. The number of nitrogens with zero attached hydrogens (tertiary/aromatic N) is 2. The normalized spacial score (nSPS) is 22.0. The molecule has 0 aromatic carbocycles. The number of carbonyl (C=O) groups is 2. The molecule has 0 spiro atoms. The predicted octanol–water partition coefficient (Wildman–Crippen LogP) is 3.78. The van der Waals surface area contributed by atoms with Gasteiger partial charge in [0.2, 0.25) is 5.91 Å². The Labute approximate surface area is 168 Å². The zero-order valence-corrected chi connectivity index (χ0v) is 17.2. The van der Waals surface area contributed by atoms with Crippen LogP contribution in [-0.2, 0) is 9.53 Å². The molecule has 154 valence electrons.